The quantitative estimate of drug-likeness (QED) is 0.488. The van der Waals surface area contributed by atoms with Crippen LogP contribution in [-0.2, 0) is 14.3 Å². The predicted molar refractivity (Wildman–Crippen MR) is 50.5 cm³/mol. The number of carboxylic acids is 1. The van der Waals surface area contributed by atoms with Crippen molar-refractivity contribution in [3.05, 3.63) is 12.2 Å². The Hall–Kier alpha value is -1.36. The SMILES string of the molecule is C=C(C)C(=O)OC(C)C(CN)C(=O)O. The summed E-state index contributed by atoms with van der Waals surface area (Å²) in [6.45, 7) is 6.30. The fraction of sp³-hybridized carbons (Fsp3) is 0.556. The van der Waals surface area contributed by atoms with Crippen LogP contribution in [0.1, 0.15) is 13.8 Å². The number of aliphatic carboxylic acids is 1. The highest BCUT2D eigenvalue weighted by Gasteiger charge is 2.26. The lowest BCUT2D eigenvalue weighted by Gasteiger charge is -2.18. The van der Waals surface area contributed by atoms with E-state index in [1.807, 2.05) is 0 Å². The summed E-state index contributed by atoms with van der Waals surface area (Å²) in [7, 11) is 0. The minimum atomic E-state index is -1.07. The molecular formula is C9H15NO4. The van der Waals surface area contributed by atoms with Gasteiger partial charge in [0.2, 0.25) is 0 Å². The average molecular weight is 201 g/mol. The molecule has 0 heterocycles. The number of esters is 1. The smallest absolute Gasteiger partial charge is 0.333 e. The maximum atomic E-state index is 11.0. The van der Waals surface area contributed by atoms with Gasteiger partial charge in [0, 0.05) is 12.1 Å². The first-order chi connectivity index (χ1) is 6.40. The molecule has 0 saturated heterocycles. The van der Waals surface area contributed by atoms with Crippen LogP contribution in [0.2, 0.25) is 0 Å². The molecule has 0 amide bonds. The number of rotatable bonds is 5. The van der Waals surface area contributed by atoms with Gasteiger partial charge < -0.3 is 15.6 Å². The van der Waals surface area contributed by atoms with Crippen molar-refractivity contribution in [1.82, 2.24) is 0 Å². The fourth-order valence-electron chi connectivity index (χ4n) is 0.845. The molecule has 0 aromatic carbocycles. The van der Waals surface area contributed by atoms with Crippen molar-refractivity contribution in [3.63, 3.8) is 0 Å². The van der Waals surface area contributed by atoms with E-state index < -0.39 is 24.0 Å². The van der Waals surface area contributed by atoms with Crippen LogP contribution in [0, 0.1) is 5.92 Å². The van der Waals surface area contributed by atoms with Gasteiger partial charge in [0.25, 0.3) is 0 Å². The van der Waals surface area contributed by atoms with E-state index in [-0.39, 0.29) is 12.1 Å². The highest BCUT2D eigenvalue weighted by molar-refractivity contribution is 5.87. The first kappa shape index (κ1) is 12.6. The molecule has 80 valence electrons. The number of ether oxygens (including phenoxy) is 1. The van der Waals surface area contributed by atoms with Crippen LogP contribution in [0.25, 0.3) is 0 Å². The lowest BCUT2D eigenvalue weighted by molar-refractivity contribution is -0.154. The molecular weight excluding hydrogens is 186 g/mol. The van der Waals surface area contributed by atoms with E-state index in [0.29, 0.717) is 0 Å². The standard InChI is InChI=1S/C9H15NO4/c1-5(2)9(13)14-6(3)7(4-10)8(11)12/h6-7H,1,4,10H2,2-3H3,(H,11,12). The summed E-state index contributed by atoms with van der Waals surface area (Å²) in [6, 6.07) is 0. The summed E-state index contributed by atoms with van der Waals surface area (Å²) in [5.41, 5.74) is 5.47. The summed E-state index contributed by atoms with van der Waals surface area (Å²) >= 11 is 0. The van der Waals surface area contributed by atoms with Gasteiger partial charge in [-0.15, -0.1) is 0 Å². The first-order valence-corrected chi connectivity index (χ1v) is 4.19. The molecule has 0 aliphatic heterocycles. The Morgan fingerprint density at radius 1 is 1.57 bits per heavy atom. The second kappa shape index (κ2) is 5.39. The number of carbonyl (C=O) groups excluding carboxylic acids is 1. The summed E-state index contributed by atoms with van der Waals surface area (Å²) in [6.07, 6.45) is -0.748. The van der Waals surface area contributed by atoms with Crippen molar-refractivity contribution in [3.8, 4) is 0 Å². The van der Waals surface area contributed by atoms with Gasteiger partial charge in [-0.2, -0.15) is 0 Å². The van der Waals surface area contributed by atoms with E-state index in [1.54, 1.807) is 0 Å². The molecule has 0 spiro atoms. The molecule has 0 aliphatic carbocycles. The molecule has 5 nitrogen and oxygen atoms in total. The van der Waals surface area contributed by atoms with E-state index in [9.17, 15) is 9.59 Å². The van der Waals surface area contributed by atoms with E-state index in [1.165, 1.54) is 13.8 Å². The second-order valence-electron chi connectivity index (χ2n) is 3.07. The Labute approximate surface area is 82.5 Å². The van der Waals surface area contributed by atoms with Crippen LogP contribution in [-0.4, -0.2) is 29.7 Å². The monoisotopic (exact) mass is 201 g/mol. The van der Waals surface area contributed by atoms with E-state index in [2.05, 4.69) is 6.58 Å². The van der Waals surface area contributed by atoms with Crippen molar-refractivity contribution in [1.29, 1.82) is 0 Å². The lowest BCUT2D eigenvalue weighted by Crippen LogP contribution is -2.35. The van der Waals surface area contributed by atoms with Crippen molar-refractivity contribution < 1.29 is 19.4 Å². The van der Waals surface area contributed by atoms with Crippen LogP contribution >= 0.6 is 0 Å². The van der Waals surface area contributed by atoms with Crippen molar-refractivity contribution in [2.75, 3.05) is 6.54 Å². The number of hydrogen-bond acceptors (Lipinski definition) is 4. The normalized spacial score (nSPS) is 14.2. The van der Waals surface area contributed by atoms with Crippen molar-refractivity contribution >= 4 is 11.9 Å². The number of carbonyl (C=O) groups is 2. The van der Waals surface area contributed by atoms with Crippen molar-refractivity contribution in [2.45, 2.75) is 20.0 Å². The largest absolute Gasteiger partial charge is 0.481 e. The van der Waals surface area contributed by atoms with Gasteiger partial charge in [0.15, 0.2) is 0 Å². The van der Waals surface area contributed by atoms with Gasteiger partial charge in [-0.25, -0.2) is 4.79 Å². The Morgan fingerprint density at radius 3 is 2.36 bits per heavy atom. The molecule has 3 N–H and O–H groups in total. The number of carboxylic acid groups (broad SMARTS) is 1. The third-order valence-corrected chi connectivity index (χ3v) is 1.78. The molecule has 0 rings (SSSR count). The van der Waals surface area contributed by atoms with E-state index in [0.717, 1.165) is 0 Å². The molecule has 5 heteroatoms. The van der Waals surface area contributed by atoms with E-state index >= 15 is 0 Å². The topological polar surface area (TPSA) is 89.6 Å². The minimum Gasteiger partial charge on any atom is -0.481 e. The lowest BCUT2D eigenvalue weighted by atomic mass is 10.0. The van der Waals surface area contributed by atoms with Crippen molar-refractivity contribution in [2.24, 2.45) is 11.7 Å². The van der Waals surface area contributed by atoms with Crippen LogP contribution in [0.4, 0.5) is 0 Å². The van der Waals surface area contributed by atoms with Gasteiger partial charge in [0.05, 0.1) is 0 Å². The predicted octanol–water partition coefficient (Wildman–Crippen LogP) is 0.154. The third-order valence-electron chi connectivity index (χ3n) is 1.78. The molecule has 0 bridgehead atoms. The third kappa shape index (κ3) is 3.57. The zero-order valence-electron chi connectivity index (χ0n) is 8.32. The Bertz CT molecular complexity index is 249. The zero-order valence-corrected chi connectivity index (χ0v) is 8.32. The highest BCUT2D eigenvalue weighted by Crippen LogP contribution is 2.08. The molecule has 2 atom stereocenters. The average Bonchev–Trinajstić information content (AvgIpc) is 2.04. The van der Waals surface area contributed by atoms with Gasteiger partial charge in [0.1, 0.15) is 12.0 Å². The Kier molecular flexibility index (Phi) is 4.86. The summed E-state index contributed by atoms with van der Waals surface area (Å²) in [5, 5.41) is 8.70. The molecule has 0 aromatic heterocycles. The summed E-state index contributed by atoms with van der Waals surface area (Å²) in [5.74, 6) is -2.55. The van der Waals surface area contributed by atoms with E-state index in [4.69, 9.17) is 15.6 Å². The molecule has 0 saturated carbocycles. The number of hydrogen-bond donors (Lipinski definition) is 2. The zero-order chi connectivity index (χ0) is 11.3. The summed E-state index contributed by atoms with van der Waals surface area (Å²) < 4.78 is 4.83. The Balaban J connectivity index is 4.31. The van der Waals surface area contributed by atoms with Gasteiger partial charge in [-0.3, -0.25) is 4.79 Å². The van der Waals surface area contributed by atoms with Crippen LogP contribution in [0.15, 0.2) is 12.2 Å². The summed E-state index contributed by atoms with van der Waals surface area (Å²) in [4.78, 5) is 21.7. The Morgan fingerprint density at radius 2 is 2.07 bits per heavy atom. The van der Waals surface area contributed by atoms with Gasteiger partial charge in [-0.1, -0.05) is 6.58 Å². The maximum Gasteiger partial charge on any atom is 0.333 e. The van der Waals surface area contributed by atoms with Crippen LogP contribution in [0.5, 0.6) is 0 Å². The maximum absolute atomic E-state index is 11.0. The minimum absolute atomic E-state index is 0.0695. The molecule has 2 unspecified atom stereocenters. The molecule has 0 aromatic rings. The van der Waals surface area contributed by atoms with Crippen LogP contribution in [0.3, 0.4) is 0 Å². The second-order valence-corrected chi connectivity index (χ2v) is 3.07. The van der Waals surface area contributed by atoms with Gasteiger partial charge in [-0.05, 0) is 13.8 Å². The molecule has 0 fully saturated rings. The molecule has 14 heavy (non-hydrogen) atoms. The molecule has 0 radical (unpaired) electrons. The highest BCUT2D eigenvalue weighted by atomic mass is 16.5. The van der Waals surface area contributed by atoms with Gasteiger partial charge >= 0.3 is 11.9 Å². The molecule has 0 aliphatic rings. The first-order valence-electron chi connectivity index (χ1n) is 4.19. The fourth-order valence-corrected chi connectivity index (χ4v) is 0.845. The number of nitrogens with two attached hydrogens (primary N) is 1. The van der Waals surface area contributed by atoms with Crippen LogP contribution < -0.4 is 5.73 Å².